The van der Waals surface area contributed by atoms with E-state index in [9.17, 15) is 9.59 Å². The molecule has 0 aliphatic carbocycles. The van der Waals surface area contributed by atoms with Crippen LogP contribution in [0.3, 0.4) is 0 Å². The van der Waals surface area contributed by atoms with Gasteiger partial charge in [-0.2, -0.15) is 0 Å². The average molecular weight is 292 g/mol. The summed E-state index contributed by atoms with van der Waals surface area (Å²) in [4.78, 5) is 22.8. The lowest BCUT2D eigenvalue weighted by Gasteiger charge is -2.13. The van der Waals surface area contributed by atoms with E-state index in [0.29, 0.717) is 30.1 Å². The lowest BCUT2D eigenvalue weighted by atomic mass is 9.96. The second-order valence-corrected chi connectivity index (χ2v) is 5.27. The highest BCUT2D eigenvalue weighted by Crippen LogP contribution is 2.18. The molecule has 1 unspecified atom stereocenters. The molecule has 5 heteroatoms. The van der Waals surface area contributed by atoms with Gasteiger partial charge >= 0.3 is 5.97 Å². The number of carbonyl (C=O) groups is 2. The van der Waals surface area contributed by atoms with E-state index in [1.807, 2.05) is 0 Å². The molecule has 0 aliphatic rings. The fourth-order valence-corrected chi connectivity index (χ4v) is 2.33. The third kappa shape index (κ3) is 5.55. The highest BCUT2D eigenvalue weighted by Gasteiger charge is 2.11. The number of carbonyl (C=O) groups excluding carboxylic acids is 1. The van der Waals surface area contributed by atoms with Gasteiger partial charge in [0.1, 0.15) is 0 Å². The molecular weight excluding hydrogens is 268 g/mol. The van der Waals surface area contributed by atoms with E-state index in [0.717, 1.165) is 19.3 Å². The van der Waals surface area contributed by atoms with Gasteiger partial charge < -0.3 is 16.2 Å². The van der Waals surface area contributed by atoms with Crippen LogP contribution in [0.25, 0.3) is 0 Å². The maximum atomic E-state index is 11.9. The number of nitrogens with one attached hydrogen (secondary N) is 1. The number of nitrogens with two attached hydrogens (primary N) is 1. The minimum Gasteiger partial charge on any atom is -0.478 e. The van der Waals surface area contributed by atoms with Gasteiger partial charge in [-0.1, -0.05) is 13.3 Å². The van der Waals surface area contributed by atoms with E-state index in [4.69, 9.17) is 10.8 Å². The van der Waals surface area contributed by atoms with Crippen molar-refractivity contribution in [2.45, 2.75) is 39.5 Å². The van der Waals surface area contributed by atoms with Gasteiger partial charge in [0.2, 0.25) is 5.91 Å². The molecule has 0 aliphatic heterocycles. The Kier molecular flexibility index (Phi) is 6.88. The molecule has 21 heavy (non-hydrogen) atoms. The summed E-state index contributed by atoms with van der Waals surface area (Å²) >= 11 is 0. The summed E-state index contributed by atoms with van der Waals surface area (Å²) in [7, 11) is 0. The van der Waals surface area contributed by atoms with E-state index in [1.165, 1.54) is 6.07 Å². The minimum atomic E-state index is -0.960. The molecule has 1 atom stereocenters. The van der Waals surface area contributed by atoms with Gasteiger partial charge in [-0.15, -0.1) is 0 Å². The molecule has 116 valence electrons. The maximum absolute atomic E-state index is 11.9. The number of anilines is 1. The molecule has 0 saturated carbocycles. The van der Waals surface area contributed by atoms with Crippen LogP contribution in [0.5, 0.6) is 0 Å². The molecule has 0 radical (unpaired) electrons. The first-order chi connectivity index (χ1) is 9.97. The zero-order chi connectivity index (χ0) is 15.8. The number of carboxylic acid groups (broad SMARTS) is 1. The molecule has 5 nitrogen and oxygen atoms in total. The van der Waals surface area contributed by atoms with Crippen LogP contribution >= 0.6 is 0 Å². The third-order valence-corrected chi connectivity index (χ3v) is 3.67. The van der Waals surface area contributed by atoms with Crippen molar-refractivity contribution in [3.05, 3.63) is 29.3 Å². The molecule has 0 fully saturated rings. The van der Waals surface area contributed by atoms with Gasteiger partial charge in [0.25, 0.3) is 0 Å². The van der Waals surface area contributed by atoms with Crippen LogP contribution in [0.4, 0.5) is 5.69 Å². The van der Waals surface area contributed by atoms with Crippen LogP contribution in [-0.2, 0) is 4.79 Å². The Morgan fingerprint density at radius 3 is 2.57 bits per heavy atom. The van der Waals surface area contributed by atoms with Gasteiger partial charge in [-0.05, 0) is 56.0 Å². The van der Waals surface area contributed by atoms with Gasteiger partial charge in [-0.3, -0.25) is 4.79 Å². The molecule has 4 N–H and O–H groups in total. The van der Waals surface area contributed by atoms with Crippen LogP contribution in [0.1, 0.15) is 48.5 Å². The molecule has 1 aromatic carbocycles. The molecule has 0 spiro atoms. The molecule has 1 rings (SSSR count). The number of aromatic carboxylic acids is 1. The SMILES string of the molecule is CCC(CCN)CCC(=O)Nc1ccc(C(=O)O)c(C)c1. The molecule has 1 amide bonds. The smallest absolute Gasteiger partial charge is 0.335 e. The maximum Gasteiger partial charge on any atom is 0.335 e. The van der Waals surface area contributed by atoms with Crippen molar-refractivity contribution in [1.82, 2.24) is 0 Å². The fourth-order valence-electron chi connectivity index (χ4n) is 2.33. The van der Waals surface area contributed by atoms with Crippen LogP contribution in [0.2, 0.25) is 0 Å². The van der Waals surface area contributed by atoms with Crippen LogP contribution in [0, 0.1) is 12.8 Å². The summed E-state index contributed by atoms with van der Waals surface area (Å²) in [6.07, 6.45) is 3.25. The number of carboxylic acids is 1. The monoisotopic (exact) mass is 292 g/mol. The first-order valence-electron chi connectivity index (χ1n) is 7.31. The van der Waals surface area contributed by atoms with E-state index in [1.54, 1.807) is 19.1 Å². The van der Waals surface area contributed by atoms with Gasteiger partial charge in [0.15, 0.2) is 0 Å². The Morgan fingerprint density at radius 2 is 2.05 bits per heavy atom. The van der Waals surface area contributed by atoms with E-state index >= 15 is 0 Å². The predicted octanol–water partition coefficient (Wildman–Crippen LogP) is 2.79. The molecule has 0 bridgehead atoms. The lowest BCUT2D eigenvalue weighted by Crippen LogP contribution is -2.15. The van der Waals surface area contributed by atoms with Crippen molar-refractivity contribution in [3.63, 3.8) is 0 Å². The summed E-state index contributed by atoms with van der Waals surface area (Å²) in [5, 5.41) is 11.8. The van der Waals surface area contributed by atoms with Crippen molar-refractivity contribution >= 4 is 17.6 Å². The molecular formula is C16H24N2O3. The van der Waals surface area contributed by atoms with Crippen molar-refractivity contribution in [1.29, 1.82) is 0 Å². The summed E-state index contributed by atoms with van der Waals surface area (Å²) in [6.45, 7) is 4.47. The van der Waals surface area contributed by atoms with E-state index in [-0.39, 0.29) is 11.5 Å². The summed E-state index contributed by atoms with van der Waals surface area (Å²) in [5.74, 6) is -0.525. The zero-order valence-corrected chi connectivity index (χ0v) is 12.7. The molecule has 0 saturated heterocycles. The van der Waals surface area contributed by atoms with Crippen molar-refractivity contribution in [2.75, 3.05) is 11.9 Å². The van der Waals surface area contributed by atoms with Gasteiger partial charge in [0, 0.05) is 12.1 Å². The summed E-state index contributed by atoms with van der Waals surface area (Å²) in [6, 6.07) is 4.81. The normalized spacial score (nSPS) is 12.0. The molecule has 1 aromatic rings. The molecule has 0 aromatic heterocycles. The Balaban J connectivity index is 2.55. The lowest BCUT2D eigenvalue weighted by molar-refractivity contribution is -0.116. The van der Waals surface area contributed by atoms with Gasteiger partial charge in [-0.25, -0.2) is 4.79 Å². The highest BCUT2D eigenvalue weighted by molar-refractivity contribution is 5.93. The quantitative estimate of drug-likeness (QED) is 0.687. The largest absolute Gasteiger partial charge is 0.478 e. The Labute approximate surface area is 125 Å². The standard InChI is InChI=1S/C16H24N2O3/c1-3-12(8-9-17)4-7-15(19)18-13-5-6-14(16(20)21)11(2)10-13/h5-6,10,12H,3-4,7-9,17H2,1-2H3,(H,18,19)(H,20,21). The highest BCUT2D eigenvalue weighted by atomic mass is 16.4. The van der Waals surface area contributed by atoms with Crippen LogP contribution in [-0.4, -0.2) is 23.5 Å². The zero-order valence-electron chi connectivity index (χ0n) is 12.7. The minimum absolute atomic E-state index is 0.0482. The van der Waals surface area contributed by atoms with E-state index in [2.05, 4.69) is 12.2 Å². The second kappa shape index (κ2) is 8.42. The Hall–Kier alpha value is -1.88. The number of benzene rings is 1. The predicted molar refractivity (Wildman–Crippen MR) is 83.5 cm³/mol. The van der Waals surface area contributed by atoms with Crippen LogP contribution < -0.4 is 11.1 Å². The first kappa shape index (κ1) is 17.2. The third-order valence-electron chi connectivity index (χ3n) is 3.67. The summed E-state index contributed by atoms with van der Waals surface area (Å²) in [5.41, 5.74) is 7.06. The topological polar surface area (TPSA) is 92.4 Å². The first-order valence-corrected chi connectivity index (χ1v) is 7.31. The second-order valence-electron chi connectivity index (χ2n) is 5.27. The number of aryl methyl sites for hydroxylation is 1. The number of amides is 1. The van der Waals surface area contributed by atoms with Crippen molar-refractivity contribution in [3.8, 4) is 0 Å². The number of hydrogen-bond donors (Lipinski definition) is 3. The number of rotatable bonds is 8. The fraction of sp³-hybridized carbons (Fsp3) is 0.500. The van der Waals surface area contributed by atoms with Crippen molar-refractivity contribution < 1.29 is 14.7 Å². The summed E-state index contributed by atoms with van der Waals surface area (Å²) < 4.78 is 0. The van der Waals surface area contributed by atoms with Gasteiger partial charge in [0.05, 0.1) is 5.56 Å². The molecule has 0 heterocycles. The van der Waals surface area contributed by atoms with Crippen molar-refractivity contribution in [2.24, 2.45) is 11.7 Å². The van der Waals surface area contributed by atoms with Crippen LogP contribution in [0.15, 0.2) is 18.2 Å². The Morgan fingerprint density at radius 1 is 1.33 bits per heavy atom. The number of hydrogen-bond acceptors (Lipinski definition) is 3. The van der Waals surface area contributed by atoms with E-state index < -0.39 is 5.97 Å². The average Bonchev–Trinajstić information content (AvgIpc) is 2.43. The Bertz CT molecular complexity index is 500.